The van der Waals surface area contributed by atoms with Gasteiger partial charge in [-0.05, 0) is 56.9 Å². The lowest BCUT2D eigenvalue weighted by molar-refractivity contribution is 0.0718. The van der Waals surface area contributed by atoms with Crippen molar-refractivity contribution in [2.24, 2.45) is 0 Å². The third kappa shape index (κ3) is 3.85. The summed E-state index contributed by atoms with van der Waals surface area (Å²) in [6.07, 6.45) is 3.30. The van der Waals surface area contributed by atoms with Gasteiger partial charge >= 0.3 is 0 Å². The van der Waals surface area contributed by atoms with Gasteiger partial charge in [0.05, 0.1) is 0 Å². The largest absolute Gasteiger partial charge is 0.337 e. The molecule has 1 amide bonds. The third-order valence-electron chi connectivity index (χ3n) is 4.14. The van der Waals surface area contributed by atoms with Gasteiger partial charge in [0.1, 0.15) is 5.69 Å². The number of anilines is 2. The van der Waals surface area contributed by atoms with Gasteiger partial charge in [-0.3, -0.25) is 4.79 Å². The molecule has 3 rings (SSSR count). The maximum absolute atomic E-state index is 12.6. The molecule has 1 N–H and O–H groups in total. The number of hydrogen-bond donors (Lipinski definition) is 1. The Morgan fingerprint density at radius 2 is 1.88 bits per heavy atom. The van der Waals surface area contributed by atoms with Crippen molar-refractivity contribution < 1.29 is 4.79 Å². The predicted molar refractivity (Wildman–Crippen MR) is 96.0 cm³/mol. The van der Waals surface area contributed by atoms with E-state index in [-0.39, 0.29) is 5.91 Å². The van der Waals surface area contributed by atoms with Crippen LogP contribution in [0.4, 0.5) is 11.6 Å². The van der Waals surface area contributed by atoms with Crippen molar-refractivity contribution in [3.8, 4) is 0 Å². The molecule has 1 aromatic heterocycles. The van der Waals surface area contributed by atoms with Crippen LogP contribution in [0.3, 0.4) is 0 Å². The zero-order valence-electron chi connectivity index (χ0n) is 14.0. The fourth-order valence-corrected chi connectivity index (χ4v) is 2.97. The molecule has 6 heteroatoms. The monoisotopic (exact) mass is 344 g/mol. The van der Waals surface area contributed by atoms with Crippen LogP contribution in [0.2, 0.25) is 5.02 Å². The SMILES string of the molecule is Cc1cc(C(=O)N2CCCCC2)nc(Nc2ccc(C)c(Cl)c2)n1. The summed E-state index contributed by atoms with van der Waals surface area (Å²) in [4.78, 5) is 23.3. The van der Waals surface area contributed by atoms with Crippen LogP contribution in [0, 0.1) is 13.8 Å². The first-order valence-corrected chi connectivity index (χ1v) is 8.59. The molecule has 1 fully saturated rings. The number of benzene rings is 1. The number of carbonyl (C=O) groups excluding carboxylic acids is 1. The van der Waals surface area contributed by atoms with E-state index in [1.54, 1.807) is 6.07 Å². The quantitative estimate of drug-likeness (QED) is 0.910. The topological polar surface area (TPSA) is 58.1 Å². The van der Waals surface area contributed by atoms with Gasteiger partial charge in [-0.1, -0.05) is 17.7 Å². The average Bonchev–Trinajstić information content (AvgIpc) is 2.58. The molecular weight excluding hydrogens is 324 g/mol. The number of rotatable bonds is 3. The van der Waals surface area contributed by atoms with Crippen molar-refractivity contribution in [3.63, 3.8) is 0 Å². The van der Waals surface area contributed by atoms with Crippen molar-refractivity contribution in [1.82, 2.24) is 14.9 Å². The molecule has 126 valence electrons. The van der Waals surface area contributed by atoms with Crippen molar-refractivity contribution in [2.45, 2.75) is 33.1 Å². The summed E-state index contributed by atoms with van der Waals surface area (Å²) in [5, 5.41) is 3.81. The summed E-state index contributed by atoms with van der Waals surface area (Å²) in [5.74, 6) is 0.389. The summed E-state index contributed by atoms with van der Waals surface area (Å²) in [6, 6.07) is 7.41. The van der Waals surface area contributed by atoms with Crippen LogP contribution in [-0.2, 0) is 0 Å². The second-order valence-electron chi connectivity index (χ2n) is 6.16. The second kappa shape index (κ2) is 7.18. The average molecular weight is 345 g/mol. The lowest BCUT2D eigenvalue weighted by Crippen LogP contribution is -2.36. The number of nitrogens with one attached hydrogen (secondary N) is 1. The van der Waals surface area contributed by atoms with E-state index in [0.717, 1.165) is 42.9 Å². The van der Waals surface area contributed by atoms with Crippen molar-refractivity contribution >= 4 is 29.1 Å². The molecule has 1 aliphatic rings. The summed E-state index contributed by atoms with van der Waals surface area (Å²) >= 11 is 6.15. The minimum absolute atomic E-state index is 0.0230. The highest BCUT2D eigenvalue weighted by Gasteiger charge is 2.20. The lowest BCUT2D eigenvalue weighted by atomic mass is 10.1. The molecule has 0 saturated carbocycles. The Kier molecular flexibility index (Phi) is 5.00. The van der Waals surface area contributed by atoms with Crippen LogP contribution >= 0.6 is 11.6 Å². The number of amides is 1. The highest BCUT2D eigenvalue weighted by atomic mass is 35.5. The highest BCUT2D eigenvalue weighted by Crippen LogP contribution is 2.22. The first-order chi connectivity index (χ1) is 11.5. The van der Waals surface area contributed by atoms with E-state index in [4.69, 9.17) is 11.6 Å². The molecule has 2 aromatic rings. The van der Waals surface area contributed by atoms with Gasteiger partial charge in [0.2, 0.25) is 5.95 Å². The van der Waals surface area contributed by atoms with Crippen molar-refractivity contribution in [1.29, 1.82) is 0 Å². The number of nitrogens with zero attached hydrogens (tertiary/aromatic N) is 3. The van der Waals surface area contributed by atoms with Crippen LogP contribution in [0.25, 0.3) is 0 Å². The van der Waals surface area contributed by atoms with Crippen LogP contribution in [-0.4, -0.2) is 33.9 Å². The van der Waals surface area contributed by atoms with Crippen molar-refractivity contribution in [2.75, 3.05) is 18.4 Å². The zero-order chi connectivity index (χ0) is 17.1. The van der Waals surface area contributed by atoms with E-state index in [9.17, 15) is 4.79 Å². The normalized spacial score (nSPS) is 14.5. The highest BCUT2D eigenvalue weighted by molar-refractivity contribution is 6.31. The van der Waals surface area contributed by atoms with E-state index in [2.05, 4.69) is 15.3 Å². The minimum Gasteiger partial charge on any atom is -0.337 e. The molecule has 1 aliphatic heterocycles. The zero-order valence-corrected chi connectivity index (χ0v) is 14.7. The van der Waals surface area contributed by atoms with Gasteiger partial charge in [-0.25, -0.2) is 9.97 Å². The van der Waals surface area contributed by atoms with Gasteiger partial charge in [0.15, 0.2) is 0 Å². The van der Waals surface area contributed by atoms with Gasteiger partial charge in [0, 0.05) is 29.5 Å². The number of piperidine rings is 1. The number of hydrogen-bond acceptors (Lipinski definition) is 4. The molecule has 5 nitrogen and oxygen atoms in total. The second-order valence-corrected chi connectivity index (χ2v) is 6.57. The molecule has 1 aromatic carbocycles. The van der Waals surface area contributed by atoms with Crippen molar-refractivity contribution in [3.05, 3.63) is 46.2 Å². The Morgan fingerprint density at radius 1 is 1.12 bits per heavy atom. The third-order valence-corrected chi connectivity index (χ3v) is 4.55. The Morgan fingerprint density at radius 3 is 2.58 bits per heavy atom. The fraction of sp³-hybridized carbons (Fsp3) is 0.389. The Labute approximate surface area is 147 Å². The molecule has 0 aliphatic carbocycles. The van der Waals surface area contributed by atoms with Crippen LogP contribution in [0.5, 0.6) is 0 Å². The molecule has 24 heavy (non-hydrogen) atoms. The molecule has 0 atom stereocenters. The summed E-state index contributed by atoms with van der Waals surface area (Å²) in [5.41, 5.74) is 3.00. The molecule has 1 saturated heterocycles. The molecule has 0 unspecified atom stereocenters. The van der Waals surface area contributed by atoms with Gasteiger partial charge < -0.3 is 10.2 Å². The van der Waals surface area contributed by atoms with Crippen LogP contribution in [0.1, 0.15) is 41.0 Å². The minimum atomic E-state index is -0.0230. The van der Waals surface area contributed by atoms with Gasteiger partial charge in [0.25, 0.3) is 5.91 Å². The fourth-order valence-electron chi connectivity index (χ4n) is 2.79. The number of halogens is 1. The Bertz CT molecular complexity index is 757. The smallest absolute Gasteiger partial charge is 0.272 e. The van der Waals surface area contributed by atoms with E-state index in [1.165, 1.54) is 6.42 Å². The number of carbonyl (C=O) groups is 1. The van der Waals surface area contributed by atoms with E-state index in [1.807, 2.05) is 36.9 Å². The standard InChI is InChI=1S/C18H21ClN4O/c1-12-6-7-14(11-15(12)19)21-18-20-13(2)10-16(22-18)17(24)23-8-4-3-5-9-23/h6-7,10-11H,3-5,8-9H2,1-2H3,(H,20,21,22). The Balaban J connectivity index is 1.82. The van der Waals surface area contributed by atoms with Gasteiger partial charge in [-0.15, -0.1) is 0 Å². The predicted octanol–water partition coefficient (Wildman–Crippen LogP) is 4.12. The summed E-state index contributed by atoms with van der Waals surface area (Å²) < 4.78 is 0. The molecule has 0 radical (unpaired) electrons. The lowest BCUT2D eigenvalue weighted by Gasteiger charge is -2.26. The molecular formula is C18H21ClN4O. The first-order valence-electron chi connectivity index (χ1n) is 8.21. The molecule has 0 spiro atoms. The van der Waals surface area contributed by atoms with Crippen LogP contribution in [0.15, 0.2) is 24.3 Å². The number of aromatic nitrogens is 2. The Hall–Kier alpha value is -2.14. The van der Waals surface area contributed by atoms with E-state index >= 15 is 0 Å². The van der Waals surface area contributed by atoms with E-state index in [0.29, 0.717) is 16.7 Å². The maximum atomic E-state index is 12.6. The van der Waals surface area contributed by atoms with Gasteiger partial charge in [-0.2, -0.15) is 0 Å². The molecule has 2 heterocycles. The number of likely N-dealkylation sites (tertiary alicyclic amines) is 1. The maximum Gasteiger partial charge on any atom is 0.272 e. The first kappa shape index (κ1) is 16.7. The molecule has 0 bridgehead atoms. The van der Waals surface area contributed by atoms with E-state index < -0.39 is 0 Å². The number of aryl methyl sites for hydroxylation is 2. The summed E-state index contributed by atoms with van der Waals surface area (Å²) in [7, 11) is 0. The van der Waals surface area contributed by atoms with Crippen LogP contribution < -0.4 is 5.32 Å². The summed E-state index contributed by atoms with van der Waals surface area (Å²) in [6.45, 7) is 5.42.